The number of thioether (sulfide) groups is 1. The minimum absolute atomic E-state index is 0.0344. The van der Waals surface area contributed by atoms with Gasteiger partial charge >= 0.3 is 0 Å². The first-order valence-electron chi connectivity index (χ1n) is 6.69. The van der Waals surface area contributed by atoms with Gasteiger partial charge < -0.3 is 14.4 Å². The number of nitrogens with zero attached hydrogens (tertiary/aromatic N) is 2. The molecule has 1 aromatic heterocycles. The maximum Gasteiger partial charge on any atom is 0.168 e. The van der Waals surface area contributed by atoms with Gasteiger partial charge in [0.05, 0.1) is 25.6 Å². The molecular formula is C15H20N2O2S. The predicted molar refractivity (Wildman–Crippen MR) is 81.0 cm³/mol. The van der Waals surface area contributed by atoms with Gasteiger partial charge in [0.15, 0.2) is 5.16 Å². The molecule has 0 aliphatic carbocycles. The van der Waals surface area contributed by atoms with Gasteiger partial charge in [-0.1, -0.05) is 30.8 Å². The molecule has 0 saturated heterocycles. The van der Waals surface area contributed by atoms with Crippen molar-refractivity contribution in [1.29, 1.82) is 0 Å². The second-order valence-electron chi connectivity index (χ2n) is 4.48. The number of rotatable bonds is 7. The van der Waals surface area contributed by atoms with Crippen molar-refractivity contribution in [2.75, 3.05) is 7.11 Å². The Morgan fingerprint density at radius 1 is 1.40 bits per heavy atom. The Morgan fingerprint density at radius 2 is 2.25 bits per heavy atom. The Hall–Kier alpha value is -1.46. The van der Waals surface area contributed by atoms with Crippen molar-refractivity contribution in [3.63, 3.8) is 0 Å². The van der Waals surface area contributed by atoms with Crippen molar-refractivity contribution in [2.24, 2.45) is 0 Å². The molecular weight excluding hydrogens is 272 g/mol. The molecule has 0 amide bonds. The van der Waals surface area contributed by atoms with E-state index in [2.05, 4.69) is 22.5 Å². The van der Waals surface area contributed by atoms with Gasteiger partial charge in [-0.25, -0.2) is 4.98 Å². The summed E-state index contributed by atoms with van der Waals surface area (Å²) in [6.45, 7) is 3.04. The summed E-state index contributed by atoms with van der Waals surface area (Å²) >= 11 is 1.68. The summed E-state index contributed by atoms with van der Waals surface area (Å²) in [6, 6.07) is 8.05. The number of aromatic nitrogens is 2. The first-order valence-corrected chi connectivity index (χ1v) is 7.68. The minimum Gasteiger partial charge on any atom is -0.497 e. The fourth-order valence-electron chi connectivity index (χ4n) is 2.01. The van der Waals surface area contributed by atoms with E-state index in [0.717, 1.165) is 35.3 Å². The number of hydrogen-bond acceptors (Lipinski definition) is 4. The van der Waals surface area contributed by atoms with Gasteiger partial charge in [-0.3, -0.25) is 0 Å². The van der Waals surface area contributed by atoms with Gasteiger partial charge in [0.2, 0.25) is 0 Å². The number of aliphatic hydroxyl groups is 1. The largest absolute Gasteiger partial charge is 0.497 e. The van der Waals surface area contributed by atoms with E-state index in [1.165, 1.54) is 5.56 Å². The Morgan fingerprint density at radius 3 is 2.95 bits per heavy atom. The van der Waals surface area contributed by atoms with Crippen LogP contribution in [0.15, 0.2) is 35.6 Å². The Labute approximate surface area is 123 Å². The van der Waals surface area contributed by atoms with Gasteiger partial charge in [0.1, 0.15) is 5.75 Å². The number of methoxy groups -OCH3 is 1. The molecule has 0 spiro atoms. The average Bonchev–Trinajstić information content (AvgIpc) is 2.88. The maximum atomic E-state index is 9.33. The molecule has 2 aromatic rings. The van der Waals surface area contributed by atoms with Crippen LogP contribution in [0.4, 0.5) is 0 Å². The number of imidazole rings is 1. The molecule has 1 heterocycles. The normalized spacial score (nSPS) is 10.8. The first-order chi connectivity index (χ1) is 9.78. The lowest BCUT2D eigenvalue weighted by atomic mass is 10.2. The standard InChI is InChI=1S/C15H20N2O2S/c1-3-7-17-13(10-18)9-16-15(17)20-11-12-5-4-6-14(8-12)19-2/h4-6,8-9,18H,3,7,10-11H2,1-2H3. The summed E-state index contributed by atoms with van der Waals surface area (Å²) in [7, 11) is 1.67. The molecule has 1 aromatic carbocycles. The van der Waals surface area contributed by atoms with Gasteiger partial charge in [-0.05, 0) is 24.1 Å². The second-order valence-corrected chi connectivity index (χ2v) is 5.42. The quantitative estimate of drug-likeness (QED) is 0.797. The van der Waals surface area contributed by atoms with E-state index in [0.29, 0.717) is 0 Å². The van der Waals surface area contributed by atoms with Crippen LogP contribution in [0.25, 0.3) is 0 Å². The van der Waals surface area contributed by atoms with Crippen LogP contribution < -0.4 is 4.74 Å². The predicted octanol–water partition coefficient (Wildman–Crippen LogP) is 3.09. The lowest BCUT2D eigenvalue weighted by Crippen LogP contribution is -2.04. The van der Waals surface area contributed by atoms with Crippen molar-refractivity contribution < 1.29 is 9.84 Å². The SMILES string of the molecule is CCCn1c(CO)cnc1SCc1cccc(OC)c1. The molecule has 0 aliphatic heterocycles. The lowest BCUT2D eigenvalue weighted by molar-refractivity contribution is 0.269. The Bertz CT molecular complexity index is 555. The number of hydrogen-bond donors (Lipinski definition) is 1. The third-order valence-corrected chi connectivity index (χ3v) is 4.07. The van der Waals surface area contributed by atoms with E-state index in [1.54, 1.807) is 25.1 Å². The highest BCUT2D eigenvalue weighted by atomic mass is 32.2. The van der Waals surface area contributed by atoms with Crippen LogP contribution in [0.3, 0.4) is 0 Å². The summed E-state index contributed by atoms with van der Waals surface area (Å²) in [5.74, 6) is 1.71. The summed E-state index contributed by atoms with van der Waals surface area (Å²) in [5.41, 5.74) is 2.07. The Kier molecular flexibility index (Phi) is 5.49. The van der Waals surface area contributed by atoms with E-state index < -0.39 is 0 Å². The molecule has 2 rings (SSSR count). The zero-order valence-electron chi connectivity index (χ0n) is 11.9. The van der Waals surface area contributed by atoms with Crippen LogP contribution in [0, 0.1) is 0 Å². The van der Waals surface area contributed by atoms with Crippen LogP contribution >= 0.6 is 11.8 Å². The van der Waals surface area contributed by atoms with Crippen LogP contribution in [0.5, 0.6) is 5.75 Å². The summed E-state index contributed by atoms with van der Waals surface area (Å²) < 4.78 is 7.32. The highest BCUT2D eigenvalue weighted by Crippen LogP contribution is 2.25. The second kappa shape index (κ2) is 7.36. The van der Waals surface area contributed by atoms with Crippen molar-refractivity contribution in [3.05, 3.63) is 41.7 Å². The molecule has 0 bridgehead atoms. The summed E-state index contributed by atoms with van der Waals surface area (Å²) in [5, 5.41) is 10.3. The summed E-state index contributed by atoms with van der Waals surface area (Å²) in [6.07, 6.45) is 2.78. The average molecular weight is 292 g/mol. The number of aliphatic hydroxyl groups excluding tert-OH is 1. The van der Waals surface area contributed by atoms with Crippen molar-refractivity contribution in [2.45, 2.75) is 37.4 Å². The van der Waals surface area contributed by atoms with E-state index in [4.69, 9.17) is 4.74 Å². The fourth-order valence-corrected chi connectivity index (χ4v) is 2.97. The van der Waals surface area contributed by atoms with E-state index in [-0.39, 0.29) is 6.61 Å². The zero-order valence-corrected chi connectivity index (χ0v) is 12.7. The number of benzene rings is 1. The third kappa shape index (κ3) is 3.55. The van der Waals surface area contributed by atoms with Crippen LogP contribution in [0.2, 0.25) is 0 Å². The highest BCUT2D eigenvalue weighted by molar-refractivity contribution is 7.98. The van der Waals surface area contributed by atoms with Gasteiger partial charge in [0, 0.05) is 12.3 Å². The molecule has 4 nitrogen and oxygen atoms in total. The molecule has 0 unspecified atom stereocenters. The maximum absolute atomic E-state index is 9.33. The molecule has 0 aliphatic rings. The van der Waals surface area contributed by atoms with Gasteiger partial charge in [0.25, 0.3) is 0 Å². The van der Waals surface area contributed by atoms with Crippen LogP contribution in [-0.4, -0.2) is 21.8 Å². The Balaban J connectivity index is 2.08. The minimum atomic E-state index is 0.0344. The molecule has 0 radical (unpaired) electrons. The number of ether oxygens (including phenoxy) is 1. The molecule has 0 fully saturated rings. The van der Waals surface area contributed by atoms with Crippen LogP contribution in [0.1, 0.15) is 24.6 Å². The fraction of sp³-hybridized carbons (Fsp3) is 0.400. The molecule has 1 N–H and O–H groups in total. The monoisotopic (exact) mass is 292 g/mol. The smallest absolute Gasteiger partial charge is 0.168 e. The van der Waals surface area contributed by atoms with Crippen molar-refractivity contribution in [1.82, 2.24) is 9.55 Å². The van der Waals surface area contributed by atoms with Gasteiger partial charge in [-0.15, -0.1) is 0 Å². The molecule has 5 heteroatoms. The van der Waals surface area contributed by atoms with Gasteiger partial charge in [-0.2, -0.15) is 0 Å². The van der Waals surface area contributed by atoms with E-state index in [1.807, 2.05) is 18.2 Å². The topological polar surface area (TPSA) is 47.3 Å². The highest BCUT2D eigenvalue weighted by Gasteiger charge is 2.09. The van der Waals surface area contributed by atoms with Crippen molar-refractivity contribution in [3.8, 4) is 5.75 Å². The zero-order chi connectivity index (χ0) is 14.4. The van der Waals surface area contributed by atoms with Crippen molar-refractivity contribution >= 4 is 11.8 Å². The molecule has 0 atom stereocenters. The first kappa shape index (κ1) is 14.9. The molecule has 20 heavy (non-hydrogen) atoms. The molecule has 108 valence electrons. The third-order valence-electron chi connectivity index (χ3n) is 3.01. The van der Waals surface area contributed by atoms with E-state index in [9.17, 15) is 5.11 Å². The lowest BCUT2D eigenvalue weighted by Gasteiger charge is -2.09. The summed E-state index contributed by atoms with van der Waals surface area (Å²) in [4.78, 5) is 4.40. The van der Waals surface area contributed by atoms with Crippen LogP contribution in [-0.2, 0) is 18.9 Å². The molecule has 0 saturated carbocycles. The van der Waals surface area contributed by atoms with E-state index >= 15 is 0 Å².